The molecule has 2 heteroatoms. The SMILES string of the molecule is [CH2]C(=C)CC(=O)N=C. The lowest BCUT2D eigenvalue weighted by atomic mass is 10.2. The first-order chi connectivity index (χ1) is 3.66. The Morgan fingerprint density at radius 3 is 2.25 bits per heavy atom. The van der Waals surface area contributed by atoms with E-state index in [9.17, 15) is 4.79 Å². The molecule has 0 saturated carbocycles. The van der Waals surface area contributed by atoms with Gasteiger partial charge < -0.3 is 0 Å². The van der Waals surface area contributed by atoms with Crippen molar-refractivity contribution >= 4 is 12.6 Å². The number of carbonyl (C=O) groups is 1. The van der Waals surface area contributed by atoms with E-state index in [2.05, 4.69) is 25.2 Å². The highest BCUT2D eigenvalue weighted by Crippen LogP contribution is 1.94. The van der Waals surface area contributed by atoms with Gasteiger partial charge in [0.15, 0.2) is 0 Å². The van der Waals surface area contributed by atoms with Crippen LogP contribution in [0.4, 0.5) is 0 Å². The Hall–Kier alpha value is -0.920. The summed E-state index contributed by atoms with van der Waals surface area (Å²) in [7, 11) is 0. The van der Waals surface area contributed by atoms with E-state index in [0.717, 1.165) is 0 Å². The number of nitrogens with zero attached hydrogens (tertiary/aromatic N) is 1. The molecule has 0 aromatic heterocycles. The minimum atomic E-state index is -0.273. The van der Waals surface area contributed by atoms with E-state index in [4.69, 9.17) is 0 Å². The van der Waals surface area contributed by atoms with Gasteiger partial charge in [0.2, 0.25) is 5.91 Å². The molecule has 0 unspecified atom stereocenters. The molecule has 43 valence electrons. The molecular weight excluding hydrogens is 102 g/mol. The minimum absolute atomic E-state index is 0.212. The van der Waals surface area contributed by atoms with Gasteiger partial charge >= 0.3 is 0 Å². The van der Waals surface area contributed by atoms with Crippen molar-refractivity contribution in [2.24, 2.45) is 4.99 Å². The van der Waals surface area contributed by atoms with E-state index in [1.165, 1.54) is 0 Å². The summed E-state index contributed by atoms with van der Waals surface area (Å²) in [5.41, 5.74) is 0.572. The second-order valence-corrected chi connectivity index (χ2v) is 1.48. The number of rotatable bonds is 2. The lowest BCUT2D eigenvalue weighted by Crippen LogP contribution is -1.90. The third-order valence-electron chi connectivity index (χ3n) is 0.578. The fourth-order valence-electron chi connectivity index (χ4n) is 0.270. The van der Waals surface area contributed by atoms with Crippen LogP contribution in [0.5, 0.6) is 0 Å². The van der Waals surface area contributed by atoms with Gasteiger partial charge in [-0.25, -0.2) is 4.99 Å². The molecule has 0 fully saturated rings. The molecule has 0 heterocycles. The topological polar surface area (TPSA) is 29.4 Å². The van der Waals surface area contributed by atoms with Crippen LogP contribution in [0.15, 0.2) is 17.1 Å². The van der Waals surface area contributed by atoms with Crippen LogP contribution in [0, 0.1) is 6.92 Å². The Morgan fingerprint density at radius 2 is 2.12 bits per heavy atom. The summed E-state index contributed by atoms with van der Waals surface area (Å²) in [5.74, 6) is -0.273. The standard InChI is InChI=1S/C6H8NO/c1-5(2)4-6(8)7-3/h1-4H2. The van der Waals surface area contributed by atoms with Crippen molar-refractivity contribution in [3.63, 3.8) is 0 Å². The van der Waals surface area contributed by atoms with E-state index in [0.29, 0.717) is 5.57 Å². The minimum Gasteiger partial charge on any atom is -0.272 e. The lowest BCUT2D eigenvalue weighted by molar-refractivity contribution is -0.117. The van der Waals surface area contributed by atoms with Crippen LogP contribution in [-0.2, 0) is 4.79 Å². The average molecular weight is 110 g/mol. The Bertz CT molecular complexity index is 126. The molecule has 0 aliphatic heterocycles. The summed E-state index contributed by atoms with van der Waals surface area (Å²) in [6.07, 6.45) is 0.212. The highest BCUT2D eigenvalue weighted by atomic mass is 16.1. The van der Waals surface area contributed by atoms with Crippen molar-refractivity contribution in [3.8, 4) is 0 Å². The van der Waals surface area contributed by atoms with Crippen molar-refractivity contribution in [3.05, 3.63) is 19.1 Å². The van der Waals surface area contributed by atoms with Crippen molar-refractivity contribution < 1.29 is 4.79 Å². The Balaban J connectivity index is 3.55. The van der Waals surface area contributed by atoms with Gasteiger partial charge in [-0.15, -0.1) is 0 Å². The molecule has 0 aromatic carbocycles. The quantitative estimate of drug-likeness (QED) is 0.487. The number of amides is 1. The predicted molar refractivity (Wildman–Crippen MR) is 33.7 cm³/mol. The van der Waals surface area contributed by atoms with Gasteiger partial charge in [-0.2, -0.15) is 0 Å². The fraction of sp³-hybridized carbons (Fsp3) is 0.167. The summed E-state index contributed by atoms with van der Waals surface area (Å²) in [6, 6.07) is 0. The first-order valence-electron chi connectivity index (χ1n) is 2.16. The molecule has 0 N–H and O–H groups in total. The number of carbonyl (C=O) groups excluding carboxylic acids is 1. The maximum Gasteiger partial charge on any atom is 0.249 e. The Morgan fingerprint density at radius 1 is 1.62 bits per heavy atom. The van der Waals surface area contributed by atoms with Crippen LogP contribution >= 0.6 is 0 Å². The molecule has 0 bridgehead atoms. The van der Waals surface area contributed by atoms with Crippen molar-refractivity contribution in [2.75, 3.05) is 0 Å². The zero-order chi connectivity index (χ0) is 6.57. The maximum atomic E-state index is 10.3. The summed E-state index contributed by atoms with van der Waals surface area (Å²) in [5, 5.41) is 0. The Labute approximate surface area is 48.9 Å². The van der Waals surface area contributed by atoms with E-state index in [1.807, 2.05) is 0 Å². The van der Waals surface area contributed by atoms with E-state index in [1.54, 1.807) is 0 Å². The molecule has 1 radical (unpaired) electrons. The highest BCUT2D eigenvalue weighted by Gasteiger charge is 1.93. The molecule has 0 aliphatic carbocycles. The number of hydrogen-bond donors (Lipinski definition) is 0. The van der Waals surface area contributed by atoms with Crippen LogP contribution in [0.25, 0.3) is 0 Å². The molecule has 8 heavy (non-hydrogen) atoms. The van der Waals surface area contributed by atoms with Gasteiger partial charge in [0.05, 0.1) is 0 Å². The lowest BCUT2D eigenvalue weighted by Gasteiger charge is -1.88. The fourth-order valence-corrected chi connectivity index (χ4v) is 0.270. The molecule has 0 saturated heterocycles. The second-order valence-electron chi connectivity index (χ2n) is 1.48. The zero-order valence-electron chi connectivity index (χ0n) is 4.68. The molecule has 0 spiro atoms. The van der Waals surface area contributed by atoms with Gasteiger partial charge in [-0.1, -0.05) is 12.2 Å². The third kappa shape index (κ3) is 3.28. The van der Waals surface area contributed by atoms with Crippen LogP contribution < -0.4 is 0 Å². The summed E-state index contributed by atoms with van der Waals surface area (Å²) >= 11 is 0. The first kappa shape index (κ1) is 7.08. The monoisotopic (exact) mass is 110 g/mol. The summed E-state index contributed by atoms with van der Waals surface area (Å²) in [4.78, 5) is 13.4. The van der Waals surface area contributed by atoms with Gasteiger partial charge in [-0.05, 0) is 13.6 Å². The first-order valence-corrected chi connectivity index (χ1v) is 2.16. The average Bonchev–Trinajstić information content (AvgIpc) is 1.65. The molecule has 1 amide bonds. The van der Waals surface area contributed by atoms with E-state index < -0.39 is 0 Å². The molecule has 0 aliphatic rings. The van der Waals surface area contributed by atoms with Gasteiger partial charge in [0.1, 0.15) is 0 Å². The van der Waals surface area contributed by atoms with Crippen molar-refractivity contribution in [1.82, 2.24) is 0 Å². The van der Waals surface area contributed by atoms with Crippen molar-refractivity contribution in [1.29, 1.82) is 0 Å². The maximum absolute atomic E-state index is 10.3. The molecule has 2 nitrogen and oxygen atoms in total. The van der Waals surface area contributed by atoms with Crippen LogP contribution in [0.2, 0.25) is 0 Å². The summed E-state index contributed by atoms with van der Waals surface area (Å²) in [6.45, 7) is 9.89. The number of aliphatic imine (C=N–C) groups is 1. The summed E-state index contributed by atoms with van der Waals surface area (Å²) < 4.78 is 0. The van der Waals surface area contributed by atoms with Gasteiger partial charge in [0, 0.05) is 6.42 Å². The molecule has 0 atom stereocenters. The van der Waals surface area contributed by atoms with Gasteiger partial charge in [-0.3, -0.25) is 4.79 Å². The second kappa shape index (κ2) is 3.13. The van der Waals surface area contributed by atoms with Gasteiger partial charge in [0.25, 0.3) is 0 Å². The number of hydrogen-bond acceptors (Lipinski definition) is 1. The third-order valence-corrected chi connectivity index (χ3v) is 0.578. The normalized spacial score (nSPS) is 8.12. The Kier molecular flexibility index (Phi) is 2.77. The van der Waals surface area contributed by atoms with E-state index >= 15 is 0 Å². The molecular formula is C6H8NO. The van der Waals surface area contributed by atoms with Crippen LogP contribution in [0.1, 0.15) is 6.42 Å². The zero-order valence-corrected chi connectivity index (χ0v) is 4.68. The molecule has 0 rings (SSSR count). The molecule has 0 aromatic rings. The van der Waals surface area contributed by atoms with E-state index in [-0.39, 0.29) is 12.3 Å². The van der Waals surface area contributed by atoms with Crippen LogP contribution in [0.3, 0.4) is 0 Å². The largest absolute Gasteiger partial charge is 0.272 e. The highest BCUT2D eigenvalue weighted by molar-refractivity contribution is 5.82. The predicted octanol–water partition coefficient (Wildman–Crippen LogP) is 0.994. The smallest absolute Gasteiger partial charge is 0.249 e. The van der Waals surface area contributed by atoms with Crippen molar-refractivity contribution in [2.45, 2.75) is 6.42 Å². The van der Waals surface area contributed by atoms with Crippen LogP contribution in [-0.4, -0.2) is 12.6 Å².